The van der Waals surface area contributed by atoms with Gasteiger partial charge in [-0.3, -0.25) is 0 Å². The lowest BCUT2D eigenvalue weighted by atomic mass is 10.3. The van der Waals surface area contributed by atoms with Gasteiger partial charge in [-0.05, 0) is 37.6 Å². The second kappa shape index (κ2) is 7.24. The number of rotatable bonds is 5. The van der Waals surface area contributed by atoms with Crippen molar-refractivity contribution in [2.75, 3.05) is 5.32 Å². The molecule has 0 fully saturated rings. The molecule has 0 radical (unpaired) electrons. The molecule has 1 N–H and O–H groups in total. The van der Waals surface area contributed by atoms with Crippen LogP contribution in [0, 0.1) is 0 Å². The molecule has 1 nitrogen and oxygen atoms in total. The van der Waals surface area contributed by atoms with Gasteiger partial charge in [0, 0.05) is 5.69 Å². The van der Waals surface area contributed by atoms with E-state index in [0.717, 1.165) is 0 Å². The molecule has 0 aliphatic rings. The highest BCUT2D eigenvalue weighted by Crippen LogP contribution is 2.39. The largest absolute Gasteiger partial charge is 0.378 e. The normalized spacial score (nSPS) is 12.1. The summed E-state index contributed by atoms with van der Waals surface area (Å²) < 4.78 is 0. The summed E-state index contributed by atoms with van der Waals surface area (Å²) in [6, 6.07) is 32.1. The second-order valence-electron chi connectivity index (χ2n) is 5.23. The van der Waals surface area contributed by atoms with E-state index in [2.05, 4.69) is 97.2 Å². The predicted molar refractivity (Wildman–Crippen MR) is 98.6 cm³/mol. The molecule has 0 spiro atoms. The highest BCUT2D eigenvalue weighted by atomic mass is 31.1. The van der Waals surface area contributed by atoms with Crippen LogP contribution in [0.15, 0.2) is 91.0 Å². The van der Waals surface area contributed by atoms with Crippen LogP contribution in [-0.4, -0.2) is 5.78 Å². The Morgan fingerprint density at radius 1 is 0.636 bits per heavy atom. The molecular formula is C20H20NP. The molecule has 1 unspecified atom stereocenters. The molecule has 0 aliphatic carbocycles. The third kappa shape index (κ3) is 3.55. The summed E-state index contributed by atoms with van der Waals surface area (Å²) in [6.45, 7) is 2.28. The Kier molecular flexibility index (Phi) is 4.88. The van der Waals surface area contributed by atoms with Crippen molar-refractivity contribution in [3.63, 3.8) is 0 Å². The fraction of sp³-hybridized carbons (Fsp3) is 0.100. The van der Waals surface area contributed by atoms with Crippen molar-refractivity contribution < 1.29 is 0 Å². The Balaban J connectivity index is 1.92. The summed E-state index contributed by atoms with van der Waals surface area (Å²) in [4.78, 5) is 0. The first kappa shape index (κ1) is 14.8. The summed E-state index contributed by atoms with van der Waals surface area (Å²) >= 11 is 0. The van der Waals surface area contributed by atoms with E-state index in [9.17, 15) is 0 Å². The third-order valence-corrected chi connectivity index (χ3v) is 6.22. The highest BCUT2D eigenvalue weighted by Gasteiger charge is 2.20. The molecule has 3 aromatic carbocycles. The van der Waals surface area contributed by atoms with Gasteiger partial charge in [0.1, 0.15) is 0 Å². The summed E-state index contributed by atoms with van der Waals surface area (Å²) in [5.74, 6) is 0.363. The minimum Gasteiger partial charge on any atom is -0.378 e. The van der Waals surface area contributed by atoms with Crippen molar-refractivity contribution in [1.82, 2.24) is 0 Å². The van der Waals surface area contributed by atoms with Gasteiger partial charge in [0.25, 0.3) is 0 Å². The van der Waals surface area contributed by atoms with Crippen molar-refractivity contribution in [2.24, 2.45) is 0 Å². The van der Waals surface area contributed by atoms with E-state index in [1.165, 1.54) is 16.3 Å². The summed E-state index contributed by atoms with van der Waals surface area (Å²) in [5.41, 5.74) is 1.18. The van der Waals surface area contributed by atoms with E-state index in [1.54, 1.807) is 0 Å². The third-order valence-electron chi connectivity index (χ3n) is 3.61. The van der Waals surface area contributed by atoms with Crippen LogP contribution in [0.25, 0.3) is 0 Å². The molecule has 0 aromatic heterocycles. The van der Waals surface area contributed by atoms with Gasteiger partial charge in [0.15, 0.2) is 0 Å². The molecular weight excluding hydrogens is 285 g/mol. The Morgan fingerprint density at radius 2 is 1.05 bits per heavy atom. The van der Waals surface area contributed by atoms with E-state index in [0.29, 0.717) is 5.78 Å². The number of hydrogen-bond donors (Lipinski definition) is 1. The zero-order chi connectivity index (χ0) is 15.2. The van der Waals surface area contributed by atoms with Gasteiger partial charge >= 0.3 is 0 Å². The van der Waals surface area contributed by atoms with Crippen LogP contribution >= 0.6 is 7.92 Å². The van der Waals surface area contributed by atoms with Gasteiger partial charge in [-0.2, -0.15) is 0 Å². The fourth-order valence-electron chi connectivity index (χ4n) is 2.61. The zero-order valence-electron chi connectivity index (χ0n) is 12.7. The first-order valence-electron chi connectivity index (χ1n) is 7.55. The molecule has 110 valence electrons. The van der Waals surface area contributed by atoms with Crippen molar-refractivity contribution >= 4 is 24.2 Å². The summed E-state index contributed by atoms with van der Waals surface area (Å²) in [7, 11) is -0.447. The molecule has 0 heterocycles. The van der Waals surface area contributed by atoms with Gasteiger partial charge in [-0.25, -0.2) is 0 Å². The van der Waals surface area contributed by atoms with E-state index in [4.69, 9.17) is 0 Å². The van der Waals surface area contributed by atoms with Crippen molar-refractivity contribution in [2.45, 2.75) is 12.7 Å². The Labute approximate surface area is 133 Å². The van der Waals surface area contributed by atoms with E-state index in [1.807, 2.05) is 6.07 Å². The summed E-state index contributed by atoms with van der Waals surface area (Å²) in [5, 5.41) is 6.47. The molecule has 1 atom stereocenters. The van der Waals surface area contributed by atoms with E-state index >= 15 is 0 Å². The first-order valence-corrected chi connectivity index (χ1v) is 8.96. The topological polar surface area (TPSA) is 12.0 Å². The van der Waals surface area contributed by atoms with Gasteiger partial charge in [-0.15, -0.1) is 0 Å². The van der Waals surface area contributed by atoms with Gasteiger partial charge in [0.2, 0.25) is 0 Å². The molecule has 3 aromatic rings. The van der Waals surface area contributed by atoms with E-state index in [-0.39, 0.29) is 0 Å². The van der Waals surface area contributed by atoms with Crippen molar-refractivity contribution in [1.29, 1.82) is 0 Å². The van der Waals surface area contributed by atoms with E-state index < -0.39 is 7.92 Å². The SMILES string of the molecule is CC(Nc1ccccc1)P(c1ccccc1)c1ccccc1. The number of hydrogen-bond acceptors (Lipinski definition) is 1. The number of para-hydroxylation sites is 1. The lowest BCUT2D eigenvalue weighted by molar-refractivity contribution is 1.11. The molecule has 0 bridgehead atoms. The van der Waals surface area contributed by atoms with Crippen molar-refractivity contribution in [3.8, 4) is 0 Å². The second-order valence-corrected chi connectivity index (χ2v) is 7.77. The average Bonchev–Trinajstić information content (AvgIpc) is 2.58. The first-order chi connectivity index (χ1) is 10.8. The monoisotopic (exact) mass is 305 g/mol. The molecule has 2 heteroatoms. The highest BCUT2D eigenvalue weighted by molar-refractivity contribution is 7.73. The lowest BCUT2D eigenvalue weighted by Crippen LogP contribution is -2.25. The Morgan fingerprint density at radius 3 is 1.50 bits per heavy atom. The van der Waals surface area contributed by atoms with Gasteiger partial charge in [-0.1, -0.05) is 78.9 Å². The standard InChI is InChI=1S/C20H20NP/c1-17(21-18-11-5-2-6-12-18)22(19-13-7-3-8-14-19)20-15-9-4-10-16-20/h2-17,21H,1H3. The average molecular weight is 305 g/mol. The van der Waals surface area contributed by atoms with Crippen LogP contribution in [0.3, 0.4) is 0 Å². The summed E-state index contributed by atoms with van der Waals surface area (Å²) in [6.07, 6.45) is 0. The molecule has 0 amide bonds. The van der Waals surface area contributed by atoms with Crippen LogP contribution in [0.2, 0.25) is 0 Å². The Bertz CT molecular complexity index is 643. The fourth-order valence-corrected chi connectivity index (χ4v) is 5.07. The minimum atomic E-state index is -0.447. The molecule has 0 saturated heterocycles. The molecule has 22 heavy (non-hydrogen) atoms. The molecule has 0 aliphatic heterocycles. The number of anilines is 1. The quantitative estimate of drug-likeness (QED) is 0.680. The van der Waals surface area contributed by atoms with Crippen LogP contribution in [0.4, 0.5) is 5.69 Å². The maximum absolute atomic E-state index is 3.67. The number of nitrogens with one attached hydrogen (secondary N) is 1. The van der Waals surface area contributed by atoms with Crippen molar-refractivity contribution in [3.05, 3.63) is 91.0 Å². The molecule has 3 rings (SSSR count). The predicted octanol–water partition coefficient (Wildman–Crippen LogP) is 4.58. The van der Waals surface area contributed by atoms with Crippen LogP contribution in [0.5, 0.6) is 0 Å². The number of benzene rings is 3. The lowest BCUT2D eigenvalue weighted by Gasteiger charge is -2.27. The molecule has 0 saturated carbocycles. The maximum Gasteiger partial charge on any atom is 0.0513 e. The Hall–Kier alpha value is -2.11. The van der Waals surface area contributed by atoms with Gasteiger partial charge in [0.05, 0.1) is 5.78 Å². The maximum atomic E-state index is 3.67. The smallest absolute Gasteiger partial charge is 0.0513 e. The van der Waals surface area contributed by atoms with Crippen LogP contribution in [0.1, 0.15) is 6.92 Å². The van der Waals surface area contributed by atoms with Crippen LogP contribution < -0.4 is 15.9 Å². The minimum absolute atomic E-state index is 0.363. The van der Waals surface area contributed by atoms with Crippen LogP contribution in [-0.2, 0) is 0 Å². The zero-order valence-corrected chi connectivity index (χ0v) is 13.6. The van der Waals surface area contributed by atoms with Gasteiger partial charge < -0.3 is 5.32 Å².